The van der Waals surface area contributed by atoms with Crippen LogP contribution < -0.4 is 5.32 Å². The largest absolute Gasteiger partial charge is 0.455 e. The Balaban J connectivity index is 1.79. The van der Waals surface area contributed by atoms with Gasteiger partial charge in [0.05, 0.1) is 5.75 Å². The Bertz CT molecular complexity index is 787. The standard InChI is InChI=1S/C20H23NO3S/c1-13-6-8-17(16(4)9-13)21-19(22)11-24-20(23)12-25-18-10-14(2)5-7-15(18)3/h5-10H,11-12H2,1-4H3,(H,21,22). The Labute approximate surface area is 153 Å². The zero-order valence-corrected chi connectivity index (χ0v) is 15.8. The van der Waals surface area contributed by atoms with E-state index in [4.69, 9.17) is 4.74 Å². The fraction of sp³-hybridized carbons (Fsp3) is 0.300. The quantitative estimate of drug-likeness (QED) is 0.622. The number of esters is 1. The highest BCUT2D eigenvalue weighted by molar-refractivity contribution is 8.00. The van der Waals surface area contributed by atoms with Gasteiger partial charge in [-0.05, 0) is 51.0 Å². The van der Waals surface area contributed by atoms with Crippen molar-refractivity contribution >= 4 is 29.3 Å². The zero-order chi connectivity index (χ0) is 18.4. The second-order valence-corrected chi connectivity index (χ2v) is 7.10. The van der Waals surface area contributed by atoms with E-state index in [0.717, 1.165) is 32.8 Å². The summed E-state index contributed by atoms with van der Waals surface area (Å²) in [6, 6.07) is 11.9. The molecule has 25 heavy (non-hydrogen) atoms. The van der Waals surface area contributed by atoms with Crippen LogP contribution in [0.5, 0.6) is 0 Å². The number of rotatable bonds is 6. The fourth-order valence-corrected chi connectivity index (χ4v) is 3.25. The van der Waals surface area contributed by atoms with Gasteiger partial charge in [-0.25, -0.2) is 0 Å². The lowest BCUT2D eigenvalue weighted by molar-refractivity contribution is -0.144. The van der Waals surface area contributed by atoms with Crippen molar-refractivity contribution in [2.24, 2.45) is 0 Å². The number of amides is 1. The maximum Gasteiger partial charge on any atom is 0.316 e. The molecule has 0 aliphatic carbocycles. The van der Waals surface area contributed by atoms with Gasteiger partial charge in [-0.2, -0.15) is 0 Å². The molecule has 0 spiro atoms. The molecule has 4 nitrogen and oxygen atoms in total. The van der Waals surface area contributed by atoms with E-state index in [1.807, 2.05) is 64.1 Å². The van der Waals surface area contributed by atoms with Crippen LogP contribution in [0.1, 0.15) is 22.3 Å². The summed E-state index contributed by atoms with van der Waals surface area (Å²) in [5, 5.41) is 2.76. The number of carbonyl (C=O) groups excluding carboxylic acids is 2. The summed E-state index contributed by atoms with van der Waals surface area (Å²) in [4.78, 5) is 24.8. The second-order valence-electron chi connectivity index (χ2n) is 6.08. The Morgan fingerprint density at radius 1 is 0.960 bits per heavy atom. The van der Waals surface area contributed by atoms with Crippen LogP contribution in [0.3, 0.4) is 0 Å². The summed E-state index contributed by atoms with van der Waals surface area (Å²) in [5.74, 6) is -0.556. The van der Waals surface area contributed by atoms with Gasteiger partial charge < -0.3 is 10.1 Å². The van der Waals surface area contributed by atoms with Crippen molar-refractivity contribution in [3.63, 3.8) is 0 Å². The highest BCUT2D eigenvalue weighted by atomic mass is 32.2. The molecule has 0 unspecified atom stereocenters. The number of nitrogens with one attached hydrogen (secondary N) is 1. The van der Waals surface area contributed by atoms with Gasteiger partial charge in [0, 0.05) is 10.6 Å². The molecule has 0 aliphatic rings. The van der Waals surface area contributed by atoms with Gasteiger partial charge in [0.2, 0.25) is 0 Å². The van der Waals surface area contributed by atoms with Crippen molar-refractivity contribution < 1.29 is 14.3 Å². The number of benzene rings is 2. The van der Waals surface area contributed by atoms with Crippen LogP contribution in [0.25, 0.3) is 0 Å². The molecule has 1 N–H and O–H groups in total. The second kappa shape index (κ2) is 8.72. The highest BCUT2D eigenvalue weighted by Crippen LogP contribution is 2.23. The van der Waals surface area contributed by atoms with E-state index in [9.17, 15) is 9.59 Å². The number of aryl methyl sites for hydroxylation is 4. The normalized spacial score (nSPS) is 10.4. The van der Waals surface area contributed by atoms with E-state index in [2.05, 4.69) is 5.32 Å². The van der Waals surface area contributed by atoms with Crippen LogP contribution in [0.15, 0.2) is 41.3 Å². The number of hydrogen-bond acceptors (Lipinski definition) is 4. The smallest absolute Gasteiger partial charge is 0.316 e. The predicted molar refractivity (Wildman–Crippen MR) is 102 cm³/mol. The maximum atomic E-state index is 11.9. The Morgan fingerprint density at radius 2 is 1.64 bits per heavy atom. The van der Waals surface area contributed by atoms with Crippen molar-refractivity contribution in [2.45, 2.75) is 32.6 Å². The summed E-state index contributed by atoms with van der Waals surface area (Å²) in [7, 11) is 0. The van der Waals surface area contributed by atoms with Gasteiger partial charge in [0.1, 0.15) is 0 Å². The summed E-state index contributed by atoms with van der Waals surface area (Å²) in [6.45, 7) is 7.66. The Morgan fingerprint density at radius 3 is 2.36 bits per heavy atom. The molecule has 2 rings (SSSR count). The lowest BCUT2D eigenvalue weighted by Gasteiger charge is -2.10. The van der Waals surface area contributed by atoms with Crippen LogP contribution in [0, 0.1) is 27.7 Å². The molecule has 5 heteroatoms. The molecular weight excluding hydrogens is 334 g/mol. The van der Waals surface area contributed by atoms with Crippen molar-refractivity contribution in [1.82, 2.24) is 0 Å². The minimum absolute atomic E-state index is 0.182. The molecule has 0 aliphatic heterocycles. The number of hydrogen-bond donors (Lipinski definition) is 1. The topological polar surface area (TPSA) is 55.4 Å². The predicted octanol–water partition coefficient (Wildman–Crippen LogP) is 4.19. The lowest BCUT2D eigenvalue weighted by Crippen LogP contribution is -2.22. The monoisotopic (exact) mass is 357 g/mol. The summed E-state index contributed by atoms with van der Waals surface area (Å²) in [5.41, 5.74) is 5.11. The van der Waals surface area contributed by atoms with Gasteiger partial charge in [0.15, 0.2) is 6.61 Å². The first-order chi connectivity index (χ1) is 11.8. The Hall–Kier alpha value is -2.27. The Kier molecular flexibility index (Phi) is 6.65. The third kappa shape index (κ3) is 5.94. The van der Waals surface area contributed by atoms with Gasteiger partial charge in [-0.3, -0.25) is 9.59 Å². The molecule has 0 fully saturated rings. The molecule has 0 atom stereocenters. The van der Waals surface area contributed by atoms with Gasteiger partial charge in [0.25, 0.3) is 5.91 Å². The molecule has 0 bridgehead atoms. The summed E-state index contributed by atoms with van der Waals surface area (Å²) >= 11 is 1.42. The van der Waals surface area contributed by atoms with Crippen molar-refractivity contribution in [3.05, 3.63) is 58.7 Å². The molecule has 2 aromatic rings. The first kappa shape index (κ1) is 19.1. The first-order valence-corrected chi connectivity index (χ1v) is 9.06. The van der Waals surface area contributed by atoms with E-state index in [0.29, 0.717) is 0 Å². The van der Waals surface area contributed by atoms with Crippen LogP contribution in [0.2, 0.25) is 0 Å². The number of ether oxygens (including phenoxy) is 1. The minimum atomic E-state index is -0.401. The van der Waals surface area contributed by atoms with Crippen LogP contribution >= 0.6 is 11.8 Å². The van der Waals surface area contributed by atoms with Crippen molar-refractivity contribution in [1.29, 1.82) is 0 Å². The van der Waals surface area contributed by atoms with E-state index in [1.54, 1.807) is 0 Å². The van der Waals surface area contributed by atoms with E-state index in [-0.39, 0.29) is 18.3 Å². The molecule has 0 saturated carbocycles. The SMILES string of the molecule is Cc1ccc(NC(=O)COC(=O)CSc2cc(C)ccc2C)c(C)c1. The van der Waals surface area contributed by atoms with Gasteiger partial charge in [-0.1, -0.05) is 35.4 Å². The molecule has 0 aromatic heterocycles. The maximum absolute atomic E-state index is 11.9. The van der Waals surface area contributed by atoms with Crippen LogP contribution in [-0.4, -0.2) is 24.2 Å². The summed E-state index contributed by atoms with van der Waals surface area (Å²) in [6.07, 6.45) is 0. The third-order valence-corrected chi connectivity index (χ3v) is 4.84. The average molecular weight is 357 g/mol. The molecule has 0 heterocycles. The van der Waals surface area contributed by atoms with E-state index < -0.39 is 5.97 Å². The zero-order valence-electron chi connectivity index (χ0n) is 15.0. The third-order valence-electron chi connectivity index (χ3n) is 3.71. The average Bonchev–Trinajstić information content (AvgIpc) is 2.56. The molecule has 2 aromatic carbocycles. The van der Waals surface area contributed by atoms with E-state index >= 15 is 0 Å². The molecule has 0 radical (unpaired) electrons. The molecule has 1 amide bonds. The summed E-state index contributed by atoms with van der Waals surface area (Å²) < 4.78 is 5.06. The number of thioether (sulfide) groups is 1. The highest BCUT2D eigenvalue weighted by Gasteiger charge is 2.10. The minimum Gasteiger partial charge on any atom is -0.455 e. The fourth-order valence-electron chi connectivity index (χ4n) is 2.33. The van der Waals surface area contributed by atoms with Gasteiger partial charge in [-0.15, -0.1) is 11.8 Å². The molecule has 132 valence electrons. The van der Waals surface area contributed by atoms with Crippen molar-refractivity contribution in [3.8, 4) is 0 Å². The van der Waals surface area contributed by atoms with Gasteiger partial charge >= 0.3 is 5.97 Å². The molecular formula is C20H23NO3S. The molecule has 0 saturated heterocycles. The lowest BCUT2D eigenvalue weighted by atomic mass is 10.1. The first-order valence-electron chi connectivity index (χ1n) is 8.08. The number of carbonyl (C=O) groups is 2. The number of anilines is 1. The van der Waals surface area contributed by atoms with Crippen LogP contribution in [0.4, 0.5) is 5.69 Å². The van der Waals surface area contributed by atoms with E-state index in [1.165, 1.54) is 11.8 Å². The van der Waals surface area contributed by atoms with Crippen molar-refractivity contribution in [2.75, 3.05) is 17.7 Å². The van der Waals surface area contributed by atoms with Crippen LogP contribution in [-0.2, 0) is 14.3 Å².